The lowest BCUT2D eigenvalue weighted by atomic mass is 10.0. The molecule has 45 heavy (non-hydrogen) atoms. The maximum Gasteiger partial charge on any atom is 0.416 e. The second-order valence-electron chi connectivity index (χ2n) is 11.9. The lowest BCUT2D eigenvalue weighted by Crippen LogP contribution is -2.28. The number of alkyl halides is 6. The number of benzene rings is 2. The first-order valence-corrected chi connectivity index (χ1v) is 14.8. The summed E-state index contributed by atoms with van der Waals surface area (Å²) in [6, 6.07) is 9.60. The number of ether oxygens (including phenoxy) is 1. The predicted octanol–water partition coefficient (Wildman–Crippen LogP) is 7.02. The van der Waals surface area contributed by atoms with Crippen molar-refractivity contribution in [1.82, 2.24) is 25.2 Å². The first-order chi connectivity index (χ1) is 21.4. The third-order valence-corrected chi connectivity index (χ3v) is 8.29. The molecule has 0 aliphatic heterocycles. The van der Waals surface area contributed by atoms with Gasteiger partial charge in [-0.3, -0.25) is 0 Å². The molecule has 2 heterocycles. The van der Waals surface area contributed by atoms with E-state index < -0.39 is 23.5 Å². The number of hydrogen-bond donors (Lipinski definition) is 1. The van der Waals surface area contributed by atoms with E-state index in [0.29, 0.717) is 17.7 Å². The van der Waals surface area contributed by atoms with E-state index in [1.54, 1.807) is 0 Å². The van der Waals surface area contributed by atoms with Gasteiger partial charge in [0.1, 0.15) is 5.82 Å². The lowest BCUT2D eigenvalue weighted by molar-refractivity contribution is -0.143. The van der Waals surface area contributed by atoms with Crippen molar-refractivity contribution in [3.05, 3.63) is 70.3 Å². The fraction of sp³-hybridized carbons (Fsp3) is 0.484. The summed E-state index contributed by atoms with van der Waals surface area (Å²) in [6.45, 7) is 2.22. The van der Waals surface area contributed by atoms with Crippen LogP contribution in [0.3, 0.4) is 0 Å². The number of nitrogens with one attached hydrogen (secondary N) is 1. The van der Waals surface area contributed by atoms with Gasteiger partial charge in [0.15, 0.2) is 0 Å². The van der Waals surface area contributed by atoms with Crippen LogP contribution in [0.2, 0.25) is 0 Å². The minimum absolute atomic E-state index is 0.0494. The van der Waals surface area contributed by atoms with Crippen LogP contribution in [-0.2, 0) is 36.7 Å². The molecule has 0 spiro atoms. The van der Waals surface area contributed by atoms with Gasteiger partial charge in [-0.15, -0.1) is 5.10 Å². The topological polar surface area (TPSA) is 81.0 Å². The van der Waals surface area contributed by atoms with Crippen LogP contribution in [0.15, 0.2) is 42.5 Å². The first kappa shape index (κ1) is 31.1. The largest absolute Gasteiger partial charge is 0.416 e. The SMILES string of the molecule is COCCn1nnc(N(Cc2cc(C(F)(F)F)cc(C(F)(F)F)c2)Cc2cc3cccc(C)c3nc2NC(C2CC2)C2CC2)n1. The molecule has 0 bridgehead atoms. The van der Waals surface area contributed by atoms with Gasteiger partial charge >= 0.3 is 12.4 Å². The zero-order valence-corrected chi connectivity index (χ0v) is 24.8. The zero-order valence-electron chi connectivity index (χ0n) is 24.8. The minimum Gasteiger partial charge on any atom is -0.383 e. The average Bonchev–Trinajstić information content (AvgIpc) is 3.92. The summed E-state index contributed by atoms with van der Waals surface area (Å²) >= 11 is 0. The van der Waals surface area contributed by atoms with Crippen molar-refractivity contribution in [2.75, 3.05) is 23.9 Å². The molecule has 2 aromatic carbocycles. The number of anilines is 2. The van der Waals surface area contributed by atoms with Crippen molar-refractivity contribution >= 4 is 22.7 Å². The maximum absolute atomic E-state index is 13.7. The van der Waals surface area contributed by atoms with Gasteiger partial charge in [0.2, 0.25) is 0 Å². The average molecular weight is 634 g/mol. The molecule has 14 heteroatoms. The normalized spacial score (nSPS) is 15.7. The Balaban J connectivity index is 1.42. The van der Waals surface area contributed by atoms with Gasteiger partial charge < -0.3 is 15.0 Å². The number of aryl methyl sites for hydroxylation is 1. The molecule has 0 amide bonds. The van der Waals surface area contributed by atoms with Crippen LogP contribution < -0.4 is 10.2 Å². The van der Waals surface area contributed by atoms with Gasteiger partial charge in [0.25, 0.3) is 5.95 Å². The van der Waals surface area contributed by atoms with Crippen LogP contribution in [0, 0.1) is 18.8 Å². The molecule has 8 nitrogen and oxygen atoms in total. The summed E-state index contributed by atoms with van der Waals surface area (Å²) in [5, 5.41) is 17.1. The summed E-state index contributed by atoms with van der Waals surface area (Å²) < 4.78 is 87.4. The Morgan fingerprint density at radius 1 is 0.956 bits per heavy atom. The summed E-state index contributed by atoms with van der Waals surface area (Å²) in [4.78, 5) is 7.81. The number of nitrogens with zero attached hydrogens (tertiary/aromatic N) is 6. The molecule has 2 aromatic heterocycles. The number of fused-ring (bicyclic) bond motifs is 1. The third-order valence-electron chi connectivity index (χ3n) is 8.29. The van der Waals surface area contributed by atoms with E-state index in [0.717, 1.165) is 59.8 Å². The number of para-hydroxylation sites is 1. The molecular formula is C31H33F6N7O. The van der Waals surface area contributed by atoms with Crippen molar-refractivity contribution in [3.63, 3.8) is 0 Å². The van der Waals surface area contributed by atoms with Crippen molar-refractivity contribution < 1.29 is 31.1 Å². The van der Waals surface area contributed by atoms with E-state index in [2.05, 4.69) is 20.7 Å². The fourth-order valence-electron chi connectivity index (χ4n) is 5.69. The predicted molar refractivity (Wildman–Crippen MR) is 155 cm³/mol. The molecule has 0 atom stereocenters. The molecule has 240 valence electrons. The highest BCUT2D eigenvalue weighted by Crippen LogP contribution is 2.46. The van der Waals surface area contributed by atoms with E-state index in [9.17, 15) is 26.3 Å². The highest BCUT2D eigenvalue weighted by molar-refractivity contribution is 5.84. The third kappa shape index (κ3) is 7.32. The Morgan fingerprint density at radius 3 is 2.22 bits per heavy atom. The molecule has 2 fully saturated rings. The number of aromatic nitrogens is 5. The zero-order chi connectivity index (χ0) is 31.9. The highest BCUT2D eigenvalue weighted by atomic mass is 19.4. The standard InChI is InChI=1S/C31H33F6N7O/c1-18-4-3-5-22-14-23(28(38-26(18)22)39-27(20-6-7-20)21-8-9-21)17-43(29-40-42-44(41-29)10-11-45-2)16-19-12-24(30(32,33)34)15-25(13-19)31(35,36)37/h3-5,12-15,20-21,27H,6-11,16-17H2,1-2H3,(H,38,39). The Bertz CT molecular complexity index is 1620. The van der Waals surface area contributed by atoms with Gasteiger partial charge in [-0.05, 0) is 85.0 Å². The number of rotatable bonds is 12. The van der Waals surface area contributed by atoms with E-state index in [1.165, 1.54) is 16.8 Å². The van der Waals surface area contributed by atoms with Gasteiger partial charge in [0, 0.05) is 37.2 Å². The van der Waals surface area contributed by atoms with E-state index in [-0.39, 0.29) is 49.9 Å². The minimum atomic E-state index is -4.97. The summed E-state index contributed by atoms with van der Waals surface area (Å²) in [5.41, 5.74) is -0.442. The second kappa shape index (κ2) is 12.1. The molecule has 1 N–H and O–H groups in total. The van der Waals surface area contributed by atoms with Crippen LogP contribution in [0.25, 0.3) is 10.9 Å². The molecule has 0 saturated heterocycles. The molecule has 2 aliphatic carbocycles. The van der Waals surface area contributed by atoms with Crippen molar-refractivity contribution in [2.24, 2.45) is 11.8 Å². The van der Waals surface area contributed by atoms with Gasteiger partial charge in [-0.25, -0.2) is 4.98 Å². The molecule has 0 unspecified atom stereocenters. The highest BCUT2D eigenvalue weighted by Gasteiger charge is 2.42. The molecule has 2 aliphatic rings. The molecule has 0 radical (unpaired) electrons. The molecular weight excluding hydrogens is 600 g/mol. The maximum atomic E-state index is 13.7. The van der Waals surface area contributed by atoms with Crippen LogP contribution >= 0.6 is 0 Å². The lowest BCUT2D eigenvalue weighted by Gasteiger charge is -2.26. The number of tetrazole rings is 1. The molecule has 6 rings (SSSR count). The summed E-state index contributed by atoms with van der Waals surface area (Å²) in [7, 11) is 1.51. The number of pyridine rings is 1. The van der Waals surface area contributed by atoms with E-state index >= 15 is 0 Å². The quantitative estimate of drug-likeness (QED) is 0.168. The van der Waals surface area contributed by atoms with E-state index in [4.69, 9.17) is 9.72 Å². The Hall–Kier alpha value is -3.94. The Morgan fingerprint density at radius 2 is 1.62 bits per heavy atom. The monoisotopic (exact) mass is 633 g/mol. The van der Waals surface area contributed by atoms with Crippen LogP contribution in [-0.4, -0.2) is 44.9 Å². The van der Waals surface area contributed by atoms with Gasteiger partial charge in [0.05, 0.1) is 29.8 Å². The summed E-state index contributed by atoms with van der Waals surface area (Å²) in [5.74, 6) is 1.78. The van der Waals surface area contributed by atoms with Gasteiger partial charge in [-0.2, -0.15) is 31.1 Å². The summed E-state index contributed by atoms with van der Waals surface area (Å²) in [6.07, 6.45) is -5.41. The Labute approximate surface area is 255 Å². The number of methoxy groups -OCH3 is 1. The van der Waals surface area contributed by atoms with Crippen LogP contribution in [0.1, 0.15) is 53.5 Å². The fourth-order valence-corrected chi connectivity index (χ4v) is 5.69. The molecule has 4 aromatic rings. The first-order valence-electron chi connectivity index (χ1n) is 14.8. The number of hydrogen-bond acceptors (Lipinski definition) is 7. The Kier molecular flexibility index (Phi) is 8.35. The molecule has 2 saturated carbocycles. The van der Waals surface area contributed by atoms with Crippen molar-refractivity contribution in [1.29, 1.82) is 0 Å². The second-order valence-corrected chi connectivity index (χ2v) is 11.9. The van der Waals surface area contributed by atoms with Crippen molar-refractivity contribution in [2.45, 2.75) is 70.6 Å². The van der Waals surface area contributed by atoms with Crippen LogP contribution in [0.5, 0.6) is 0 Å². The van der Waals surface area contributed by atoms with Crippen molar-refractivity contribution in [3.8, 4) is 0 Å². The number of halogens is 6. The van der Waals surface area contributed by atoms with Gasteiger partial charge in [-0.1, -0.05) is 23.3 Å². The van der Waals surface area contributed by atoms with Crippen LogP contribution in [0.4, 0.5) is 38.1 Å². The smallest absolute Gasteiger partial charge is 0.383 e. The van der Waals surface area contributed by atoms with E-state index in [1.807, 2.05) is 31.2 Å².